The summed E-state index contributed by atoms with van der Waals surface area (Å²) >= 11 is 9.18. The van der Waals surface area contributed by atoms with Crippen molar-refractivity contribution in [3.63, 3.8) is 0 Å². The molecule has 0 aliphatic rings. The summed E-state index contributed by atoms with van der Waals surface area (Å²) < 4.78 is 21.8. The lowest BCUT2D eigenvalue weighted by Gasteiger charge is -2.15. The van der Waals surface area contributed by atoms with Gasteiger partial charge in [-0.3, -0.25) is 0 Å². The molecule has 1 atom stereocenters. The first-order valence-corrected chi connectivity index (χ1v) is 7.82. The monoisotopic (exact) mass is 370 g/mol. The van der Waals surface area contributed by atoms with Gasteiger partial charge in [-0.05, 0) is 48.0 Å². The van der Waals surface area contributed by atoms with Crippen molar-refractivity contribution in [1.82, 2.24) is 9.55 Å². The zero-order valence-electron chi connectivity index (χ0n) is 11.5. The third-order valence-electron chi connectivity index (χ3n) is 3.48. The predicted octanol–water partition coefficient (Wildman–Crippen LogP) is 5.19. The number of imidazole rings is 1. The van der Waals surface area contributed by atoms with E-state index < -0.39 is 0 Å². The first-order valence-electron chi connectivity index (χ1n) is 6.49. The standard InChI is InChI=1S/C15H13BrClFN2O/c1-8-3-4-14(21-8)9(2)20-13-6-11(18)10(16)5-12(13)19-15(20)7-17/h3-6,9H,7H2,1-2H3. The second kappa shape index (κ2) is 5.46. The molecule has 0 saturated carbocycles. The van der Waals surface area contributed by atoms with Crippen LogP contribution in [0, 0.1) is 12.7 Å². The number of fused-ring (bicyclic) bond motifs is 1. The fourth-order valence-corrected chi connectivity index (χ4v) is 2.99. The normalized spacial score (nSPS) is 13.0. The van der Waals surface area contributed by atoms with Crippen LogP contribution in [0.15, 0.2) is 33.2 Å². The van der Waals surface area contributed by atoms with Crippen molar-refractivity contribution in [1.29, 1.82) is 0 Å². The fourth-order valence-electron chi connectivity index (χ4n) is 2.47. The Bertz CT molecular complexity index is 811. The summed E-state index contributed by atoms with van der Waals surface area (Å²) in [6, 6.07) is 6.84. The van der Waals surface area contributed by atoms with Gasteiger partial charge in [0.25, 0.3) is 0 Å². The molecule has 110 valence electrons. The number of alkyl halides is 1. The van der Waals surface area contributed by atoms with Crippen molar-refractivity contribution in [2.75, 3.05) is 0 Å². The number of aromatic nitrogens is 2. The molecule has 0 aliphatic carbocycles. The van der Waals surface area contributed by atoms with Crippen LogP contribution in [0.4, 0.5) is 4.39 Å². The highest BCUT2D eigenvalue weighted by Gasteiger charge is 2.20. The van der Waals surface area contributed by atoms with Gasteiger partial charge in [-0.1, -0.05) is 0 Å². The Morgan fingerprint density at radius 3 is 2.81 bits per heavy atom. The van der Waals surface area contributed by atoms with Gasteiger partial charge in [0.15, 0.2) is 0 Å². The van der Waals surface area contributed by atoms with Crippen LogP contribution in [0.25, 0.3) is 11.0 Å². The Kier molecular flexibility index (Phi) is 3.80. The van der Waals surface area contributed by atoms with Crippen molar-refractivity contribution in [3.8, 4) is 0 Å². The highest BCUT2D eigenvalue weighted by Crippen LogP contribution is 2.30. The molecule has 1 aromatic carbocycles. The molecule has 0 spiro atoms. The molecule has 3 rings (SSSR count). The van der Waals surface area contributed by atoms with Gasteiger partial charge in [-0.25, -0.2) is 9.37 Å². The average Bonchev–Trinajstić information content (AvgIpc) is 3.02. The van der Waals surface area contributed by atoms with Gasteiger partial charge in [0.05, 0.1) is 27.4 Å². The van der Waals surface area contributed by atoms with Crippen molar-refractivity contribution in [2.24, 2.45) is 0 Å². The molecular weight excluding hydrogens is 359 g/mol. The second-order valence-electron chi connectivity index (χ2n) is 4.91. The van der Waals surface area contributed by atoms with Crippen LogP contribution in [0.3, 0.4) is 0 Å². The van der Waals surface area contributed by atoms with Gasteiger partial charge in [0.1, 0.15) is 23.2 Å². The van der Waals surface area contributed by atoms with Crippen molar-refractivity contribution in [2.45, 2.75) is 25.8 Å². The number of furan rings is 1. The topological polar surface area (TPSA) is 31.0 Å². The summed E-state index contributed by atoms with van der Waals surface area (Å²) in [7, 11) is 0. The van der Waals surface area contributed by atoms with E-state index in [9.17, 15) is 4.39 Å². The minimum atomic E-state index is -0.326. The van der Waals surface area contributed by atoms with Gasteiger partial charge in [0, 0.05) is 6.07 Å². The average molecular weight is 372 g/mol. The summed E-state index contributed by atoms with van der Waals surface area (Å²) in [5.41, 5.74) is 1.40. The molecule has 0 aliphatic heterocycles. The van der Waals surface area contributed by atoms with Crippen LogP contribution >= 0.6 is 27.5 Å². The molecular formula is C15H13BrClFN2O. The predicted molar refractivity (Wildman–Crippen MR) is 84.2 cm³/mol. The van der Waals surface area contributed by atoms with Crippen molar-refractivity contribution in [3.05, 3.63) is 51.9 Å². The Labute approximate surface area is 134 Å². The lowest BCUT2D eigenvalue weighted by molar-refractivity contribution is 0.429. The maximum atomic E-state index is 13.9. The number of benzene rings is 1. The number of nitrogens with zero attached hydrogens (tertiary/aromatic N) is 2. The van der Waals surface area contributed by atoms with Crippen LogP contribution in [0.2, 0.25) is 0 Å². The van der Waals surface area contributed by atoms with E-state index in [0.29, 0.717) is 21.3 Å². The van der Waals surface area contributed by atoms with Crippen LogP contribution in [-0.4, -0.2) is 9.55 Å². The molecule has 0 fully saturated rings. The second-order valence-corrected chi connectivity index (χ2v) is 6.03. The summed E-state index contributed by atoms with van der Waals surface area (Å²) in [5, 5.41) is 0. The van der Waals surface area contributed by atoms with Crippen molar-refractivity contribution >= 4 is 38.6 Å². The first kappa shape index (κ1) is 14.6. The van der Waals surface area contributed by atoms with Crippen molar-refractivity contribution < 1.29 is 8.81 Å². The number of halogens is 3. The van der Waals surface area contributed by atoms with E-state index in [2.05, 4.69) is 20.9 Å². The third kappa shape index (κ3) is 2.49. The molecule has 3 aromatic rings. The minimum Gasteiger partial charge on any atom is -0.464 e. The zero-order chi connectivity index (χ0) is 15.1. The smallest absolute Gasteiger partial charge is 0.139 e. The van der Waals surface area contributed by atoms with E-state index in [1.54, 1.807) is 6.07 Å². The van der Waals surface area contributed by atoms with E-state index in [-0.39, 0.29) is 17.7 Å². The molecule has 6 heteroatoms. The van der Waals surface area contributed by atoms with Gasteiger partial charge in [-0.15, -0.1) is 11.6 Å². The molecule has 2 heterocycles. The molecule has 0 saturated heterocycles. The molecule has 0 amide bonds. The number of hydrogen-bond donors (Lipinski definition) is 0. The van der Waals surface area contributed by atoms with Gasteiger partial charge in [0.2, 0.25) is 0 Å². The molecule has 2 aromatic heterocycles. The first-order chi connectivity index (χ1) is 10.0. The number of aryl methyl sites for hydroxylation is 1. The molecule has 21 heavy (non-hydrogen) atoms. The van der Waals surface area contributed by atoms with Crippen LogP contribution < -0.4 is 0 Å². The minimum absolute atomic E-state index is 0.113. The van der Waals surface area contributed by atoms with E-state index in [0.717, 1.165) is 11.5 Å². The summed E-state index contributed by atoms with van der Waals surface area (Å²) in [5.74, 6) is 2.24. The molecule has 3 nitrogen and oxygen atoms in total. The van der Waals surface area contributed by atoms with E-state index >= 15 is 0 Å². The Morgan fingerprint density at radius 1 is 1.43 bits per heavy atom. The quantitative estimate of drug-likeness (QED) is 0.593. The summed E-state index contributed by atoms with van der Waals surface area (Å²) in [4.78, 5) is 4.48. The van der Waals surface area contributed by atoms with Gasteiger partial charge < -0.3 is 8.98 Å². The highest BCUT2D eigenvalue weighted by atomic mass is 79.9. The molecule has 0 N–H and O–H groups in total. The van der Waals surface area contributed by atoms with E-state index in [1.165, 1.54) is 6.07 Å². The summed E-state index contributed by atoms with van der Waals surface area (Å²) in [6.07, 6.45) is 0. The largest absolute Gasteiger partial charge is 0.464 e. The van der Waals surface area contributed by atoms with Crippen LogP contribution in [-0.2, 0) is 5.88 Å². The fraction of sp³-hybridized carbons (Fsp3) is 0.267. The van der Waals surface area contributed by atoms with Gasteiger partial charge in [-0.2, -0.15) is 0 Å². The Hall–Kier alpha value is -1.33. The molecule has 1 unspecified atom stereocenters. The van der Waals surface area contributed by atoms with E-state index in [1.807, 2.05) is 30.5 Å². The van der Waals surface area contributed by atoms with Crippen LogP contribution in [0.1, 0.15) is 30.3 Å². The zero-order valence-corrected chi connectivity index (χ0v) is 13.9. The highest BCUT2D eigenvalue weighted by molar-refractivity contribution is 9.10. The third-order valence-corrected chi connectivity index (χ3v) is 4.33. The van der Waals surface area contributed by atoms with Crippen LogP contribution in [0.5, 0.6) is 0 Å². The maximum absolute atomic E-state index is 13.9. The lowest BCUT2D eigenvalue weighted by Crippen LogP contribution is -2.09. The number of hydrogen-bond acceptors (Lipinski definition) is 2. The maximum Gasteiger partial charge on any atom is 0.139 e. The Morgan fingerprint density at radius 2 is 2.19 bits per heavy atom. The number of rotatable bonds is 3. The molecule has 0 radical (unpaired) electrons. The SMILES string of the molecule is Cc1ccc(C(C)n2c(CCl)nc3cc(Br)c(F)cc32)o1. The Balaban J connectivity index is 2.22. The molecule has 0 bridgehead atoms. The lowest BCUT2D eigenvalue weighted by atomic mass is 10.2. The summed E-state index contributed by atoms with van der Waals surface area (Å²) in [6.45, 7) is 3.87. The van der Waals surface area contributed by atoms with Gasteiger partial charge >= 0.3 is 0 Å². The van der Waals surface area contributed by atoms with E-state index in [4.69, 9.17) is 16.0 Å².